The number of nitrogens with one attached hydrogen (secondary N) is 1. The number of rotatable bonds is 12. The summed E-state index contributed by atoms with van der Waals surface area (Å²) in [4.78, 5) is 10.6. The molecule has 0 unspecified atom stereocenters. The van der Waals surface area contributed by atoms with Gasteiger partial charge in [-0.25, -0.2) is 13.1 Å². The average molecular weight is 422 g/mol. The summed E-state index contributed by atoms with van der Waals surface area (Å²) in [5.74, 6) is -0.279. The molecule has 7 heteroatoms. The fourth-order valence-corrected chi connectivity index (χ4v) is 5.42. The first-order valence-corrected chi connectivity index (χ1v) is 12.1. The smallest absolute Gasteiger partial charge is 0.303 e. The van der Waals surface area contributed by atoms with Crippen LogP contribution in [-0.4, -0.2) is 44.0 Å². The van der Waals surface area contributed by atoms with E-state index in [2.05, 4.69) is 16.9 Å². The van der Waals surface area contributed by atoms with Gasteiger partial charge < -0.3 is 9.84 Å². The Hall–Kier alpha value is -1.70. The van der Waals surface area contributed by atoms with Gasteiger partial charge in [0.25, 0.3) is 0 Å². The van der Waals surface area contributed by atoms with Gasteiger partial charge in [0.1, 0.15) is 0 Å². The quantitative estimate of drug-likeness (QED) is 0.400. The van der Waals surface area contributed by atoms with Crippen LogP contribution in [0.15, 0.2) is 42.5 Å². The average Bonchev–Trinajstić information content (AvgIpc) is 3.30. The molecular formula is C22H31NO5S. The molecule has 1 aromatic carbocycles. The zero-order chi connectivity index (χ0) is 20.7. The molecular weight excluding hydrogens is 390 g/mol. The number of fused-ring (bicyclic) bond motifs is 2. The summed E-state index contributed by atoms with van der Waals surface area (Å²) in [7, 11) is -3.33. The van der Waals surface area contributed by atoms with Gasteiger partial charge in [0.05, 0.1) is 18.0 Å². The second-order valence-corrected chi connectivity index (χ2v) is 9.93. The maximum atomic E-state index is 12.4. The van der Waals surface area contributed by atoms with E-state index in [1.54, 1.807) is 0 Å². The van der Waals surface area contributed by atoms with Gasteiger partial charge in [-0.15, -0.1) is 0 Å². The highest BCUT2D eigenvalue weighted by Gasteiger charge is 2.47. The number of unbranched alkanes of at least 4 members (excludes halogenated alkanes) is 2. The minimum atomic E-state index is -3.33. The number of carbonyl (C=O) groups is 1. The third kappa shape index (κ3) is 6.66. The van der Waals surface area contributed by atoms with Crippen LogP contribution in [0, 0.1) is 11.8 Å². The highest BCUT2D eigenvalue weighted by Crippen LogP contribution is 2.44. The van der Waals surface area contributed by atoms with Crippen molar-refractivity contribution >= 4 is 16.0 Å². The summed E-state index contributed by atoms with van der Waals surface area (Å²) in [5.41, 5.74) is 1.02. The van der Waals surface area contributed by atoms with Crippen LogP contribution in [0.5, 0.6) is 0 Å². The third-order valence-corrected chi connectivity index (χ3v) is 7.25. The first-order valence-electron chi connectivity index (χ1n) is 10.5. The van der Waals surface area contributed by atoms with Gasteiger partial charge in [0.2, 0.25) is 10.0 Å². The summed E-state index contributed by atoms with van der Waals surface area (Å²) in [6, 6.07) is 9.64. The number of benzene rings is 1. The minimum Gasteiger partial charge on any atom is -0.481 e. The molecule has 6 nitrogen and oxygen atoms in total. The van der Waals surface area contributed by atoms with E-state index in [0.29, 0.717) is 19.4 Å². The van der Waals surface area contributed by atoms with E-state index in [1.165, 1.54) is 0 Å². The van der Waals surface area contributed by atoms with Gasteiger partial charge in [0, 0.05) is 24.8 Å². The molecule has 0 amide bonds. The highest BCUT2D eigenvalue weighted by molar-refractivity contribution is 7.89. The molecule has 0 spiro atoms. The van der Waals surface area contributed by atoms with Crippen LogP contribution in [0.25, 0.3) is 0 Å². The number of aliphatic carboxylic acids is 1. The predicted molar refractivity (Wildman–Crippen MR) is 112 cm³/mol. The topological polar surface area (TPSA) is 92.7 Å². The maximum Gasteiger partial charge on any atom is 0.303 e. The van der Waals surface area contributed by atoms with Crippen molar-refractivity contribution < 1.29 is 23.1 Å². The molecule has 0 saturated carbocycles. The van der Waals surface area contributed by atoms with Gasteiger partial charge >= 0.3 is 5.97 Å². The molecule has 2 N–H and O–H groups in total. The Bertz CT molecular complexity index is 793. The Morgan fingerprint density at radius 2 is 1.93 bits per heavy atom. The van der Waals surface area contributed by atoms with Gasteiger partial charge in [-0.05, 0) is 44.1 Å². The van der Waals surface area contributed by atoms with E-state index in [4.69, 9.17) is 9.84 Å². The summed E-state index contributed by atoms with van der Waals surface area (Å²) >= 11 is 0. The van der Waals surface area contributed by atoms with Crippen LogP contribution >= 0.6 is 0 Å². The number of allylic oxidation sites excluding steroid dienone is 1. The summed E-state index contributed by atoms with van der Waals surface area (Å²) in [6.45, 7) is 0.409. The third-order valence-electron chi connectivity index (χ3n) is 5.90. The van der Waals surface area contributed by atoms with E-state index in [-0.39, 0.29) is 36.2 Å². The number of carboxylic acid groups (broad SMARTS) is 1. The van der Waals surface area contributed by atoms with E-state index in [1.807, 2.05) is 30.3 Å². The summed E-state index contributed by atoms with van der Waals surface area (Å²) < 4.78 is 33.7. The highest BCUT2D eigenvalue weighted by atomic mass is 32.2. The number of hydrogen-bond acceptors (Lipinski definition) is 4. The van der Waals surface area contributed by atoms with Crippen molar-refractivity contribution in [2.75, 3.05) is 12.3 Å². The Morgan fingerprint density at radius 1 is 1.17 bits per heavy atom. The molecule has 4 atom stereocenters. The molecule has 0 radical (unpaired) electrons. The van der Waals surface area contributed by atoms with Crippen molar-refractivity contribution in [1.82, 2.24) is 4.72 Å². The Kier molecular flexibility index (Phi) is 7.86. The van der Waals surface area contributed by atoms with Crippen molar-refractivity contribution in [3.63, 3.8) is 0 Å². The van der Waals surface area contributed by atoms with Crippen LogP contribution < -0.4 is 4.72 Å². The fourth-order valence-electron chi connectivity index (χ4n) is 4.33. The van der Waals surface area contributed by atoms with Gasteiger partial charge in [-0.3, -0.25) is 4.79 Å². The summed E-state index contributed by atoms with van der Waals surface area (Å²) in [5, 5.41) is 8.69. The van der Waals surface area contributed by atoms with Crippen LogP contribution in [0.1, 0.15) is 44.1 Å². The number of ether oxygens (including phenoxy) is 1. The Balaban J connectivity index is 1.47. The lowest BCUT2D eigenvalue weighted by Crippen LogP contribution is -2.38. The normalized spacial score (nSPS) is 26.3. The van der Waals surface area contributed by atoms with Crippen LogP contribution in [0.4, 0.5) is 0 Å². The van der Waals surface area contributed by atoms with Crippen molar-refractivity contribution in [3.8, 4) is 0 Å². The molecule has 160 valence electrons. The lowest BCUT2D eigenvalue weighted by molar-refractivity contribution is -0.137. The molecule has 2 saturated heterocycles. The predicted octanol–water partition coefficient (Wildman–Crippen LogP) is 3.14. The van der Waals surface area contributed by atoms with Crippen LogP contribution in [0.3, 0.4) is 0 Å². The number of hydrogen-bond donors (Lipinski definition) is 2. The number of aryl methyl sites for hydroxylation is 1. The molecule has 0 aliphatic carbocycles. The Morgan fingerprint density at radius 3 is 2.69 bits per heavy atom. The second kappa shape index (κ2) is 10.4. The number of carboxylic acids is 1. The zero-order valence-electron chi connectivity index (χ0n) is 16.7. The molecule has 2 fully saturated rings. The lowest BCUT2D eigenvalue weighted by atomic mass is 9.79. The Labute approximate surface area is 173 Å². The molecule has 2 heterocycles. The minimum absolute atomic E-state index is 0.0861. The van der Waals surface area contributed by atoms with Crippen LogP contribution in [0.2, 0.25) is 0 Å². The monoisotopic (exact) mass is 421 g/mol. The van der Waals surface area contributed by atoms with Gasteiger partial charge in [0.15, 0.2) is 0 Å². The maximum absolute atomic E-state index is 12.4. The summed E-state index contributed by atoms with van der Waals surface area (Å²) in [6.07, 6.45) is 9.66. The molecule has 3 rings (SSSR count). The largest absolute Gasteiger partial charge is 0.481 e. The van der Waals surface area contributed by atoms with E-state index >= 15 is 0 Å². The van der Waals surface area contributed by atoms with E-state index < -0.39 is 16.0 Å². The molecule has 1 aromatic rings. The first-order chi connectivity index (χ1) is 13.9. The second-order valence-electron chi connectivity index (χ2n) is 8.00. The molecule has 2 aliphatic rings. The SMILES string of the molecule is O=C(O)CCCCC=C[C@H]1[C@@H](CNS(=O)(=O)CCc2ccccc2)[C@H]2CC[C@@H]1O2. The zero-order valence-corrected chi connectivity index (χ0v) is 17.5. The van der Waals surface area contributed by atoms with Crippen molar-refractivity contribution in [2.24, 2.45) is 11.8 Å². The van der Waals surface area contributed by atoms with Crippen molar-refractivity contribution in [1.29, 1.82) is 0 Å². The van der Waals surface area contributed by atoms with Crippen molar-refractivity contribution in [3.05, 3.63) is 48.0 Å². The lowest BCUT2D eigenvalue weighted by Gasteiger charge is -2.26. The molecule has 2 aliphatic heterocycles. The van der Waals surface area contributed by atoms with Gasteiger partial charge in [-0.1, -0.05) is 42.5 Å². The molecule has 0 aromatic heterocycles. The number of sulfonamides is 1. The molecule has 29 heavy (non-hydrogen) atoms. The first kappa shape index (κ1) is 22.0. The molecule has 2 bridgehead atoms. The van der Waals surface area contributed by atoms with Crippen molar-refractivity contribution in [2.45, 2.75) is 57.2 Å². The van der Waals surface area contributed by atoms with Crippen LogP contribution in [-0.2, 0) is 26.0 Å². The van der Waals surface area contributed by atoms with Gasteiger partial charge in [-0.2, -0.15) is 0 Å². The van der Waals surface area contributed by atoms with E-state index in [0.717, 1.165) is 31.2 Å². The van der Waals surface area contributed by atoms with E-state index in [9.17, 15) is 13.2 Å². The fraction of sp³-hybridized carbons (Fsp3) is 0.591. The standard InChI is InChI=1S/C22H31NO5S/c24-22(25)11-7-2-1-6-10-18-19(21-13-12-20(18)28-21)16-23-29(26,27)15-14-17-8-4-3-5-9-17/h3-6,8-10,18-21,23H,1-2,7,11-16H2,(H,24,25)/t18-,19+,20-,21+/m0/s1.